The maximum Gasteiger partial charge on any atom is 0.252 e. The molecule has 1 fully saturated rings. The van der Waals surface area contributed by atoms with Crippen LogP contribution in [0.3, 0.4) is 0 Å². The molecule has 10 nitrogen and oxygen atoms in total. The van der Waals surface area contributed by atoms with Crippen LogP contribution in [0.15, 0.2) is 36.0 Å². The Balaban J connectivity index is 1.61. The Morgan fingerprint density at radius 3 is 2.09 bits per heavy atom. The predicted octanol–water partition coefficient (Wildman–Crippen LogP) is 4.74. The van der Waals surface area contributed by atoms with Crippen LogP contribution in [0.2, 0.25) is 0 Å². The summed E-state index contributed by atoms with van der Waals surface area (Å²) in [5.74, 6) is -0.504. The number of fused-ring (bicyclic) bond motifs is 7. The number of hydrogen-bond donors (Lipinski definition) is 2. The zero-order valence-electron chi connectivity index (χ0n) is 25.8. The molecule has 0 unspecified atom stereocenters. The third-order valence-electron chi connectivity index (χ3n) is 9.27. The van der Waals surface area contributed by atoms with E-state index in [-0.39, 0.29) is 40.5 Å². The van der Waals surface area contributed by atoms with E-state index in [1.54, 1.807) is 38.0 Å². The zero-order valence-corrected chi connectivity index (χ0v) is 25.8. The van der Waals surface area contributed by atoms with Gasteiger partial charge in [0, 0.05) is 22.4 Å². The summed E-state index contributed by atoms with van der Waals surface area (Å²) in [5.41, 5.74) is 5.21. The molecule has 0 aliphatic carbocycles. The summed E-state index contributed by atoms with van der Waals surface area (Å²) in [6, 6.07) is 7.03. The van der Waals surface area contributed by atoms with Crippen LogP contribution in [0.4, 0.5) is 0 Å². The standard InChI is InChI=1S/C34H36N2O8/c1-16-17(2)32(42-6)33(43-7)23-20(16)13-21-26-24-25(28(37)18(3)31(41-5)30(24)39)29(38)27(35(26)4)34(40)36(21)22(23)15-44-14-19-11-9-8-10-12-19/h8-13,22,26-27,37,39H,14-15H2,1-7H3/t22-,26+,27-/m0/s1. The highest BCUT2D eigenvalue weighted by atomic mass is 16.5. The maximum absolute atomic E-state index is 14.5. The van der Waals surface area contributed by atoms with Crippen LogP contribution in [0.25, 0.3) is 6.08 Å². The molecule has 0 radical (unpaired) electrons. The number of piperazine rings is 1. The highest BCUT2D eigenvalue weighted by Crippen LogP contribution is 2.57. The maximum atomic E-state index is 14.5. The summed E-state index contributed by atoms with van der Waals surface area (Å²) >= 11 is 0. The second-order valence-electron chi connectivity index (χ2n) is 11.4. The molecule has 44 heavy (non-hydrogen) atoms. The number of benzene rings is 3. The highest BCUT2D eigenvalue weighted by Gasteiger charge is 2.56. The number of ketones is 1. The lowest BCUT2D eigenvalue weighted by Gasteiger charge is -2.52. The normalized spacial score (nSPS) is 20.5. The van der Waals surface area contributed by atoms with E-state index in [4.69, 9.17) is 18.9 Å². The number of rotatable bonds is 7. The summed E-state index contributed by atoms with van der Waals surface area (Å²) in [7, 11) is 6.21. The number of methoxy groups -OCH3 is 3. The fourth-order valence-corrected chi connectivity index (χ4v) is 7.05. The van der Waals surface area contributed by atoms with Gasteiger partial charge in [-0.05, 0) is 56.1 Å². The number of aromatic hydroxyl groups is 2. The van der Waals surface area contributed by atoms with E-state index in [0.717, 1.165) is 22.3 Å². The van der Waals surface area contributed by atoms with Crippen molar-refractivity contribution in [3.63, 3.8) is 0 Å². The summed E-state index contributed by atoms with van der Waals surface area (Å²) in [4.78, 5) is 31.8. The number of amides is 1. The fourth-order valence-electron chi connectivity index (χ4n) is 7.05. The summed E-state index contributed by atoms with van der Waals surface area (Å²) in [5, 5.41) is 22.7. The third kappa shape index (κ3) is 4.01. The van der Waals surface area contributed by atoms with Gasteiger partial charge in [-0.1, -0.05) is 30.3 Å². The van der Waals surface area contributed by atoms with E-state index in [2.05, 4.69) is 0 Å². The van der Waals surface area contributed by atoms with E-state index in [9.17, 15) is 19.8 Å². The number of phenolic OH excluding ortho intramolecular Hbond substituents is 2. The Kier molecular flexibility index (Phi) is 7.30. The van der Waals surface area contributed by atoms with Crippen molar-refractivity contribution in [2.75, 3.05) is 35.0 Å². The Hall–Kier alpha value is -4.54. The number of phenols is 2. The van der Waals surface area contributed by atoms with Gasteiger partial charge in [-0.2, -0.15) is 0 Å². The molecule has 1 amide bonds. The van der Waals surface area contributed by atoms with E-state index in [0.29, 0.717) is 29.4 Å². The number of hydrogen-bond acceptors (Lipinski definition) is 9. The average Bonchev–Trinajstić information content (AvgIpc) is 3.01. The molecule has 3 atom stereocenters. The van der Waals surface area contributed by atoms with Crippen LogP contribution in [0.5, 0.6) is 28.7 Å². The minimum Gasteiger partial charge on any atom is -0.507 e. The second-order valence-corrected chi connectivity index (χ2v) is 11.4. The van der Waals surface area contributed by atoms with Gasteiger partial charge in [-0.15, -0.1) is 0 Å². The first-order valence-corrected chi connectivity index (χ1v) is 14.4. The molecule has 2 bridgehead atoms. The molecular formula is C34H36N2O8. The lowest BCUT2D eigenvalue weighted by atomic mass is 9.76. The number of ether oxygens (including phenoxy) is 4. The quantitative estimate of drug-likeness (QED) is 0.293. The van der Waals surface area contributed by atoms with Crippen LogP contribution in [-0.2, 0) is 16.1 Å². The van der Waals surface area contributed by atoms with Crippen LogP contribution < -0.4 is 14.2 Å². The molecule has 0 spiro atoms. The lowest BCUT2D eigenvalue weighted by molar-refractivity contribution is -0.142. The number of nitrogens with zero attached hydrogens (tertiary/aromatic N) is 2. The van der Waals surface area contributed by atoms with Crippen molar-refractivity contribution in [1.82, 2.24) is 9.80 Å². The average molecular weight is 601 g/mol. The van der Waals surface area contributed by atoms with Gasteiger partial charge in [0.05, 0.1) is 52.2 Å². The molecule has 230 valence electrons. The molecule has 10 heteroatoms. The zero-order chi connectivity index (χ0) is 31.6. The van der Waals surface area contributed by atoms with E-state index in [1.165, 1.54) is 7.11 Å². The van der Waals surface area contributed by atoms with Crippen molar-refractivity contribution in [2.24, 2.45) is 0 Å². The highest BCUT2D eigenvalue weighted by molar-refractivity contribution is 6.18. The fraction of sp³-hybridized carbons (Fsp3) is 0.353. The number of Topliss-reactive ketones (excluding diaryl/α,β-unsaturated/α-hetero) is 1. The van der Waals surface area contributed by atoms with Crippen molar-refractivity contribution < 1.29 is 38.7 Å². The molecule has 6 rings (SSSR count). The van der Waals surface area contributed by atoms with Crippen LogP contribution in [-0.4, -0.2) is 72.7 Å². The first kappa shape index (κ1) is 29.5. The first-order chi connectivity index (χ1) is 21.1. The van der Waals surface area contributed by atoms with Crippen LogP contribution in [0, 0.1) is 20.8 Å². The molecule has 3 aromatic rings. The molecule has 3 aliphatic rings. The number of likely N-dealkylation sites (N-methyl/N-ethyl adjacent to an activating group) is 1. The van der Waals surface area contributed by atoms with Gasteiger partial charge in [0.1, 0.15) is 5.75 Å². The van der Waals surface area contributed by atoms with Crippen LogP contribution >= 0.6 is 0 Å². The Morgan fingerprint density at radius 1 is 0.795 bits per heavy atom. The molecule has 1 saturated heterocycles. The van der Waals surface area contributed by atoms with Crippen molar-refractivity contribution in [2.45, 2.75) is 45.5 Å². The van der Waals surface area contributed by atoms with Crippen molar-refractivity contribution >= 4 is 17.8 Å². The summed E-state index contributed by atoms with van der Waals surface area (Å²) in [6.07, 6.45) is 1.91. The van der Waals surface area contributed by atoms with Gasteiger partial charge in [0.25, 0.3) is 5.91 Å². The van der Waals surface area contributed by atoms with Crippen LogP contribution in [0.1, 0.15) is 61.4 Å². The molecule has 0 aromatic heterocycles. The van der Waals surface area contributed by atoms with E-state index in [1.807, 2.05) is 50.3 Å². The minimum absolute atomic E-state index is 0.0642. The SMILES string of the molecule is COc1c(C)c(O)c2c(c1O)[C@H]1C3=Cc4c(C)c(C)c(OC)c(OC)c4[C@H](COCc4ccccc4)N3C(=O)[C@H](C2=O)N1C. The predicted molar refractivity (Wildman–Crippen MR) is 162 cm³/mol. The minimum atomic E-state index is -1.24. The molecule has 3 aromatic carbocycles. The first-order valence-electron chi connectivity index (χ1n) is 14.4. The van der Waals surface area contributed by atoms with Gasteiger partial charge in [-0.25, -0.2) is 0 Å². The van der Waals surface area contributed by atoms with Gasteiger partial charge in [0.15, 0.2) is 34.8 Å². The number of carbonyl (C=O) groups excluding carboxylic acids is 2. The Bertz CT molecular complexity index is 1730. The second kappa shape index (κ2) is 10.9. The Labute approximate surface area is 256 Å². The molecule has 3 aliphatic heterocycles. The Morgan fingerprint density at radius 2 is 1.45 bits per heavy atom. The topological polar surface area (TPSA) is 118 Å². The van der Waals surface area contributed by atoms with Crippen molar-refractivity contribution in [3.8, 4) is 28.7 Å². The van der Waals surface area contributed by atoms with Gasteiger partial charge in [0.2, 0.25) is 0 Å². The van der Waals surface area contributed by atoms with Crippen molar-refractivity contribution in [1.29, 1.82) is 0 Å². The van der Waals surface area contributed by atoms with Gasteiger partial charge >= 0.3 is 0 Å². The third-order valence-corrected chi connectivity index (χ3v) is 9.27. The van der Waals surface area contributed by atoms with Gasteiger partial charge in [-0.3, -0.25) is 14.5 Å². The van der Waals surface area contributed by atoms with E-state index < -0.39 is 29.8 Å². The number of carbonyl (C=O) groups is 2. The molecule has 2 N–H and O–H groups in total. The molecule has 3 heterocycles. The summed E-state index contributed by atoms with van der Waals surface area (Å²) in [6.45, 7) is 5.88. The monoisotopic (exact) mass is 600 g/mol. The molecular weight excluding hydrogens is 564 g/mol. The summed E-state index contributed by atoms with van der Waals surface area (Å²) < 4.78 is 23.5. The van der Waals surface area contributed by atoms with Crippen molar-refractivity contribution in [3.05, 3.63) is 80.5 Å². The largest absolute Gasteiger partial charge is 0.507 e. The lowest BCUT2D eigenvalue weighted by Crippen LogP contribution is -2.62. The van der Waals surface area contributed by atoms with Gasteiger partial charge < -0.3 is 34.1 Å². The molecule has 0 saturated carbocycles. The smallest absolute Gasteiger partial charge is 0.252 e. The van der Waals surface area contributed by atoms with E-state index >= 15 is 0 Å².